The maximum atomic E-state index is 11.7. The molecule has 1 heterocycles. The molecule has 2 aromatic rings. The van der Waals surface area contributed by atoms with Crippen LogP contribution in [0.1, 0.15) is 18.1 Å². The van der Waals surface area contributed by atoms with E-state index in [2.05, 4.69) is 46.1 Å². The Morgan fingerprint density at radius 1 is 1.12 bits per heavy atom. The molecule has 3 N–H and O–H groups in total. The van der Waals surface area contributed by atoms with E-state index >= 15 is 0 Å². The zero-order valence-electron chi connectivity index (χ0n) is 14.4. The summed E-state index contributed by atoms with van der Waals surface area (Å²) in [5, 5.41) is 17.2. The van der Waals surface area contributed by atoms with Crippen LogP contribution in [0.3, 0.4) is 0 Å². The fourth-order valence-electron chi connectivity index (χ4n) is 1.88. The number of hydrogen-bond donors (Lipinski definition) is 3. The van der Waals surface area contributed by atoms with Gasteiger partial charge >= 0.3 is 0 Å². The van der Waals surface area contributed by atoms with Crippen LogP contribution < -0.4 is 16.0 Å². The summed E-state index contributed by atoms with van der Waals surface area (Å²) in [6.07, 6.45) is 0. The molecule has 0 aliphatic rings. The summed E-state index contributed by atoms with van der Waals surface area (Å²) in [6, 6.07) is 6.09. The van der Waals surface area contributed by atoms with Gasteiger partial charge in [0.15, 0.2) is 4.34 Å². The summed E-state index contributed by atoms with van der Waals surface area (Å²) >= 11 is 2.67. The topological polar surface area (TPSA) is 96.0 Å². The van der Waals surface area contributed by atoms with E-state index in [-0.39, 0.29) is 24.1 Å². The molecule has 0 unspecified atom stereocenters. The van der Waals surface area contributed by atoms with Gasteiger partial charge in [0.2, 0.25) is 16.9 Å². The Morgan fingerprint density at radius 3 is 2.64 bits per heavy atom. The summed E-state index contributed by atoms with van der Waals surface area (Å²) in [7, 11) is 0. The lowest BCUT2D eigenvalue weighted by Crippen LogP contribution is -2.37. The number of rotatable bonds is 8. The van der Waals surface area contributed by atoms with Crippen LogP contribution in [0.15, 0.2) is 22.5 Å². The minimum atomic E-state index is -0.213. The van der Waals surface area contributed by atoms with E-state index in [1.54, 1.807) is 0 Å². The van der Waals surface area contributed by atoms with Gasteiger partial charge in [-0.1, -0.05) is 29.2 Å². The number of hydrogen-bond acceptors (Lipinski definition) is 7. The smallest absolute Gasteiger partial charge is 0.239 e. The average molecular weight is 380 g/mol. The van der Waals surface area contributed by atoms with Crippen LogP contribution >= 0.6 is 23.1 Å². The number of nitrogens with zero attached hydrogens (tertiary/aromatic N) is 2. The van der Waals surface area contributed by atoms with Crippen LogP contribution in [-0.2, 0) is 9.59 Å². The molecule has 25 heavy (non-hydrogen) atoms. The first-order valence-corrected chi connectivity index (χ1v) is 9.62. The fourth-order valence-corrected chi connectivity index (χ4v) is 3.48. The molecule has 7 nitrogen and oxygen atoms in total. The molecule has 0 fully saturated rings. The Kier molecular flexibility index (Phi) is 7.20. The lowest BCUT2D eigenvalue weighted by atomic mass is 10.1. The Morgan fingerprint density at radius 2 is 1.92 bits per heavy atom. The van der Waals surface area contributed by atoms with E-state index in [4.69, 9.17) is 0 Å². The Hall–Kier alpha value is -2.13. The van der Waals surface area contributed by atoms with Crippen molar-refractivity contribution in [3.8, 4) is 0 Å². The van der Waals surface area contributed by atoms with Crippen molar-refractivity contribution in [2.24, 2.45) is 0 Å². The van der Waals surface area contributed by atoms with Crippen LogP contribution in [0, 0.1) is 13.8 Å². The predicted molar refractivity (Wildman–Crippen MR) is 102 cm³/mol. The molecular weight excluding hydrogens is 358 g/mol. The second-order valence-electron chi connectivity index (χ2n) is 5.32. The van der Waals surface area contributed by atoms with E-state index < -0.39 is 0 Å². The number of carbonyl (C=O) groups excluding carboxylic acids is 2. The third-order valence-corrected chi connectivity index (χ3v) is 5.28. The number of aromatic nitrogens is 2. The summed E-state index contributed by atoms with van der Waals surface area (Å²) in [5.41, 5.74) is 3.39. The molecule has 1 aromatic carbocycles. The van der Waals surface area contributed by atoms with Crippen molar-refractivity contribution in [2.45, 2.75) is 25.1 Å². The zero-order chi connectivity index (χ0) is 18.2. The van der Waals surface area contributed by atoms with Crippen molar-refractivity contribution >= 4 is 45.7 Å². The first-order valence-electron chi connectivity index (χ1n) is 7.82. The summed E-state index contributed by atoms with van der Waals surface area (Å²) < 4.78 is 0.694. The molecule has 0 aliphatic carbocycles. The number of aryl methyl sites for hydroxylation is 2. The largest absolute Gasteiger partial charge is 0.355 e. The van der Waals surface area contributed by atoms with Gasteiger partial charge in [0.05, 0.1) is 12.3 Å². The molecule has 0 saturated carbocycles. The van der Waals surface area contributed by atoms with Gasteiger partial charge in [0, 0.05) is 12.2 Å². The predicted octanol–water partition coefficient (Wildman–Crippen LogP) is 2.24. The highest BCUT2D eigenvalue weighted by atomic mass is 32.2. The van der Waals surface area contributed by atoms with Crippen molar-refractivity contribution in [2.75, 3.05) is 24.2 Å². The van der Waals surface area contributed by atoms with Gasteiger partial charge < -0.3 is 16.0 Å². The minimum Gasteiger partial charge on any atom is -0.355 e. The molecule has 0 aliphatic heterocycles. The first kappa shape index (κ1) is 19.2. The fraction of sp³-hybridized carbons (Fsp3) is 0.375. The van der Waals surface area contributed by atoms with Crippen molar-refractivity contribution in [3.05, 3.63) is 29.3 Å². The van der Waals surface area contributed by atoms with Gasteiger partial charge in [-0.2, -0.15) is 0 Å². The lowest BCUT2D eigenvalue weighted by Gasteiger charge is -2.05. The zero-order valence-corrected chi connectivity index (χ0v) is 16.0. The number of anilines is 2. The molecule has 134 valence electrons. The first-order chi connectivity index (χ1) is 12.0. The second-order valence-corrected chi connectivity index (χ2v) is 7.52. The molecule has 0 saturated heterocycles. The standard InChI is InChI=1S/C16H21N5O2S2/c1-4-17-13(22)8-18-14(23)9-24-16-21-20-15(25-16)19-12-6-5-10(2)11(3)7-12/h5-7H,4,8-9H2,1-3H3,(H,17,22)(H,18,23)(H,19,20). The van der Waals surface area contributed by atoms with Crippen LogP contribution in [0.5, 0.6) is 0 Å². The van der Waals surface area contributed by atoms with Gasteiger partial charge in [-0.15, -0.1) is 10.2 Å². The number of benzene rings is 1. The van der Waals surface area contributed by atoms with Crippen molar-refractivity contribution in [1.82, 2.24) is 20.8 Å². The van der Waals surface area contributed by atoms with E-state index in [9.17, 15) is 9.59 Å². The van der Waals surface area contributed by atoms with E-state index in [1.807, 2.05) is 19.1 Å². The summed E-state index contributed by atoms with van der Waals surface area (Å²) in [6.45, 7) is 6.49. The minimum absolute atomic E-state index is 0.0110. The van der Waals surface area contributed by atoms with Crippen molar-refractivity contribution in [1.29, 1.82) is 0 Å². The van der Waals surface area contributed by atoms with Gasteiger partial charge in [0.1, 0.15) is 0 Å². The molecule has 2 rings (SSSR count). The Balaban J connectivity index is 1.80. The quantitative estimate of drug-likeness (QED) is 0.609. The van der Waals surface area contributed by atoms with Crippen LogP contribution in [0.4, 0.5) is 10.8 Å². The Bertz CT molecular complexity index is 748. The SMILES string of the molecule is CCNC(=O)CNC(=O)CSc1nnc(Nc2ccc(C)c(C)c2)s1. The number of likely N-dealkylation sites (N-methyl/N-ethyl adjacent to an activating group) is 1. The third kappa shape index (κ3) is 6.35. The van der Waals surface area contributed by atoms with Crippen LogP contribution in [0.2, 0.25) is 0 Å². The number of carbonyl (C=O) groups is 2. The number of nitrogens with one attached hydrogen (secondary N) is 3. The van der Waals surface area contributed by atoms with Crippen LogP contribution in [0.25, 0.3) is 0 Å². The highest BCUT2D eigenvalue weighted by molar-refractivity contribution is 8.01. The number of thioether (sulfide) groups is 1. The van der Waals surface area contributed by atoms with Crippen molar-refractivity contribution in [3.63, 3.8) is 0 Å². The molecule has 0 bridgehead atoms. The highest BCUT2D eigenvalue weighted by Crippen LogP contribution is 2.28. The van der Waals surface area contributed by atoms with E-state index in [1.165, 1.54) is 34.2 Å². The monoisotopic (exact) mass is 379 g/mol. The molecular formula is C16H21N5O2S2. The molecule has 1 aromatic heterocycles. The van der Waals surface area contributed by atoms with Gasteiger partial charge in [-0.05, 0) is 44.0 Å². The second kappa shape index (κ2) is 9.38. The van der Waals surface area contributed by atoms with Crippen LogP contribution in [-0.4, -0.2) is 40.9 Å². The lowest BCUT2D eigenvalue weighted by molar-refractivity contribution is -0.124. The van der Waals surface area contributed by atoms with Gasteiger partial charge in [0.25, 0.3) is 0 Å². The normalized spacial score (nSPS) is 10.4. The molecule has 0 spiro atoms. The maximum Gasteiger partial charge on any atom is 0.239 e. The van der Waals surface area contributed by atoms with Gasteiger partial charge in [-0.25, -0.2) is 0 Å². The maximum absolute atomic E-state index is 11.7. The van der Waals surface area contributed by atoms with E-state index in [0.717, 1.165) is 5.69 Å². The number of amides is 2. The van der Waals surface area contributed by atoms with Crippen molar-refractivity contribution < 1.29 is 9.59 Å². The highest BCUT2D eigenvalue weighted by Gasteiger charge is 2.09. The third-order valence-electron chi connectivity index (χ3n) is 3.31. The Labute approximate surface area is 155 Å². The molecule has 9 heteroatoms. The van der Waals surface area contributed by atoms with E-state index in [0.29, 0.717) is 16.0 Å². The summed E-state index contributed by atoms with van der Waals surface area (Å²) in [4.78, 5) is 23.0. The molecule has 2 amide bonds. The summed E-state index contributed by atoms with van der Waals surface area (Å²) in [5.74, 6) is -0.218. The molecule has 0 atom stereocenters. The van der Waals surface area contributed by atoms with Gasteiger partial charge in [-0.3, -0.25) is 9.59 Å². The molecule has 0 radical (unpaired) electrons. The average Bonchev–Trinajstić information content (AvgIpc) is 3.02.